The summed E-state index contributed by atoms with van der Waals surface area (Å²) in [7, 11) is 0. The minimum absolute atomic E-state index is 0.0683. The van der Waals surface area contributed by atoms with Crippen LogP contribution in [0.4, 0.5) is 0 Å². The maximum absolute atomic E-state index is 12.9. The smallest absolute Gasteiger partial charge is 0.264 e. The van der Waals surface area contributed by atoms with Crippen molar-refractivity contribution in [2.75, 3.05) is 0 Å². The van der Waals surface area contributed by atoms with Gasteiger partial charge in [-0.1, -0.05) is 11.6 Å². The molecule has 4 saturated carbocycles. The third-order valence-corrected chi connectivity index (χ3v) is 7.77. The van der Waals surface area contributed by atoms with Crippen molar-refractivity contribution in [2.45, 2.75) is 51.5 Å². The molecular weight excluding hydrogens is 386 g/mol. The molecular formula is C23H26ClN3O2. The first-order valence-corrected chi connectivity index (χ1v) is 11.0. The van der Waals surface area contributed by atoms with Gasteiger partial charge in [0.05, 0.1) is 0 Å². The second-order valence-corrected chi connectivity index (χ2v) is 9.89. The zero-order valence-electron chi connectivity index (χ0n) is 16.6. The van der Waals surface area contributed by atoms with Crippen molar-refractivity contribution in [1.82, 2.24) is 15.3 Å². The number of hydrogen-bond donors (Lipinski definition) is 2. The molecule has 1 heterocycles. The second-order valence-electron chi connectivity index (χ2n) is 9.46. The minimum atomic E-state index is -0.417. The molecule has 4 fully saturated rings. The third kappa shape index (κ3) is 3.39. The van der Waals surface area contributed by atoms with Gasteiger partial charge in [-0.2, -0.15) is 0 Å². The maximum atomic E-state index is 12.9. The van der Waals surface area contributed by atoms with Crippen LogP contribution in [0.5, 0.6) is 0 Å². The molecule has 0 aliphatic heterocycles. The van der Waals surface area contributed by atoms with E-state index in [9.17, 15) is 9.59 Å². The zero-order valence-corrected chi connectivity index (χ0v) is 17.3. The molecule has 0 radical (unpaired) electrons. The van der Waals surface area contributed by atoms with E-state index in [-0.39, 0.29) is 22.9 Å². The Balaban J connectivity index is 1.33. The van der Waals surface area contributed by atoms with Crippen molar-refractivity contribution in [3.05, 3.63) is 51.4 Å². The topological polar surface area (TPSA) is 74.8 Å². The first-order valence-electron chi connectivity index (χ1n) is 10.6. The van der Waals surface area contributed by atoms with Gasteiger partial charge in [0.15, 0.2) is 0 Å². The van der Waals surface area contributed by atoms with Gasteiger partial charge in [-0.25, -0.2) is 4.98 Å². The van der Waals surface area contributed by atoms with E-state index in [2.05, 4.69) is 22.2 Å². The van der Waals surface area contributed by atoms with E-state index in [1.807, 2.05) is 0 Å². The summed E-state index contributed by atoms with van der Waals surface area (Å²) in [6.45, 7) is 2.12. The highest BCUT2D eigenvalue weighted by atomic mass is 35.5. The molecule has 1 atom stereocenters. The Labute approximate surface area is 175 Å². The van der Waals surface area contributed by atoms with E-state index in [0.717, 1.165) is 23.3 Å². The number of carbonyl (C=O) groups is 1. The summed E-state index contributed by atoms with van der Waals surface area (Å²) in [6, 6.07) is 7.12. The molecule has 4 bridgehead atoms. The van der Waals surface area contributed by atoms with E-state index in [1.165, 1.54) is 44.7 Å². The zero-order chi connectivity index (χ0) is 20.2. The Morgan fingerprint density at radius 1 is 1.14 bits per heavy atom. The van der Waals surface area contributed by atoms with Crippen molar-refractivity contribution in [1.29, 1.82) is 0 Å². The third-order valence-electron chi connectivity index (χ3n) is 7.51. The van der Waals surface area contributed by atoms with Crippen LogP contribution in [0.2, 0.25) is 5.02 Å². The summed E-state index contributed by atoms with van der Waals surface area (Å²) in [5.74, 6) is 2.57. The van der Waals surface area contributed by atoms with E-state index in [0.29, 0.717) is 10.8 Å². The van der Waals surface area contributed by atoms with Crippen LogP contribution < -0.4 is 10.9 Å². The van der Waals surface area contributed by atoms with E-state index < -0.39 is 5.56 Å². The van der Waals surface area contributed by atoms with Gasteiger partial charge in [-0.15, -0.1) is 0 Å². The molecule has 5 nitrogen and oxygen atoms in total. The van der Waals surface area contributed by atoms with Gasteiger partial charge in [0.25, 0.3) is 11.5 Å². The minimum Gasteiger partial charge on any atom is -0.349 e. The van der Waals surface area contributed by atoms with E-state index >= 15 is 0 Å². The number of hydrogen-bond acceptors (Lipinski definition) is 3. The predicted molar refractivity (Wildman–Crippen MR) is 113 cm³/mol. The summed E-state index contributed by atoms with van der Waals surface area (Å²) < 4.78 is 0. The first kappa shape index (κ1) is 18.9. The van der Waals surface area contributed by atoms with Crippen molar-refractivity contribution in [3.8, 4) is 11.4 Å². The van der Waals surface area contributed by atoms with Crippen molar-refractivity contribution >= 4 is 17.5 Å². The highest BCUT2D eigenvalue weighted by molar-refractivity contribution is 6.30. The average Bonchev–Trinajstić information content (AvgIpc) is 2.67. The Morgan fingerprint density at radius 3 is 2.28 bits per heavy atom. The Morgan fingerprint density at radius 2 is 1.72 bits per heavy atom. The Kier molecular flexibility index (Phi) is 4.54. The number of amides is 1. The van der Waals surface area contributed by atoms with Gasteiger partial charge in [0, 0.05) is 22.8 Å². The lowest BCUT2D eigenvalue weighted by Crippen LogP contribution is -2.56. The molecule has 6 rings (SSSR count). The molecule has 1 aromatic heterocycles. The average molecular weight is 412 g/mol. The number of carbonyl (C=O) groups excluding carboxylic acids is 1. The maximum Gasteiger partial charge on any atom is 0.264 e. The molecule has 1 aromatic carbocycles. The molecule has 0 spiro atoms. The van der Waals surface area contributed by atoms with Crippen LogP contribution in [0.3, 0.4) is 0 Å². The molecule has 0 saturated heterocycles. The molecule has 152 valence electrons. The number of nitrogens with zero attached hydrogens (tertiary/aromatic N) is 1. The number of rotatable bonds is 4. The van der Waals surface area contributed by atoms with Crippen LogP contribution in [0, 0.1) is 23.2 Å². The highest BCUT2D eigenvalue weighted by Crippen LogP contribution is 2.61. The number of nitrogens with one attached hydrogen (secondary N) is 2. The number of benzene rings is 1. The van der Waals surface area contributed by atoms with Gasteiger partial charge in [-0.3, -0.25) is 9.59 Å². The van der Waals surface area contributed by atoms with Gasteiger partial charge in [0.1, 0.15) is 11.4 Å². The summed E-state index contributed by atoms with van der Waals surface area (Å²) in [5, 5.41) is 3.76. The largest absolute Gasteiger partial charge is 0.349 e. The second kappa shape index (κ2) is 6.98. The molecule has 1 amide bonds. The number of aromatic nitrogens is 2. The Bertz CT molecular complexity index is 963. The van der Waals surface area contributed by atoms with Crippen molar-refractivity contribution in [3.63, 3.8) is 0 Å². The van der Waals surface area contributed by atoms with E-state index in [1.54, 1.807) is 24.3 Å². The van der Waals surface area contributed by atoms with Gasteiger partial charge in [-0.05, 0) is 92.9 Å². The van der Waals surface area contributed by atoms with E-state index in [4.69, 9.17) is 11.6 Å². The fraction of sp³-hybridized carbons (Fsp3) is 0.522. The fourth-order valence-electron chi connectivity index (χ4n) is 6.45. The molecule has 4 aliphatic carbocycles. The van der Waals surface area contributed by atoms with Crippen LogP contribution >= 0.6 is 11.6 Å². The summed E-state index contributed by atoms with van der Waals surface area (Å²) in [6.07, 6.45) is 9.13. The van der Waals surface area contributed by atoms with Crippen LogP contribution in [-0.4, -0.2) is 21.9 Å². The SMILES string of the molecule is CC(NC(=O)c1cnc(-c2ccc(Cl)cc2)[nH]c1=O)C12CC3CC(CC(C3)C1)C2. The highest BCUT2D eigenvalue weighted by Gasteiger charge is 2.53. The molecule has 29 heavy (non-hydrogen) atoms. The fourth-order valence-corrected chi connectivity index (χ4v) is 6.57. The van der Waals surface area contributed by atoms with Gasteiger partial charge in [0.2, 0.25) is 0 Å². The summed E-state index contributed by atoms with van der Waals surface area (Å²) >= 11 is 5.91. The van der Waals surface area contributed by atoms with Crippen LogP contribution in [0.15, 0.2) is 35.3 Å². The predicted octanol–water partition coefficient (Wildman–Crippen LogP) is 4.43. The lowest BCUT2D eigenvalue weighted by Gasteiger charge is -2.59. The molecule has 2 N–H and O–H groups in total. The molecule has 4 aliphatic rings. The molecule has 6 heteroatoms. The van der Waals surface area contributed by atoms with Gasteiger partial charge < -0.3 is 10.3 Å². The number of aromatic amines is 1. The first-order chi connectivity index (χ1) is 13.9. The van der Waals surface area contributed by atoms with Crippen molar-refractivity contribution in [2.24, 2.45) is 23.2 Å². The Hall–Kier alpha value is -2.14. The van der Waals surface area contributed by atoms with Gasteiger partial charge >= 0.3 is 0 Å². The number of halogens is 1. The normalized spacial score (nSPS) is 30.9. The summed E-state index contributed by atoms with van der Waals surface area (Å²) in [4.78, 5) is 32.5. The lowest BCUT2D eigenvalue weighted by atomic mass is 9.48. The lowest BCUT2D eigenvalue weighted by molar-refractivity contribution is -0.0688. The quantitative estimate of drug-likeness (QED) is 0.781. The molecule has 1 unspecified atom stereocenters. The van der Waals surface area contributed by atoms with Crippen molar-refractivity contribution < 1.29 is 4.79 Å². The van der Waals surface area contributed by atoms with Crippen LogP contribution in [0.25, 0.3) is 11.4 Å². The molecule has 2 aromatic rings. The monoisotopic (exact) mass is 411 g/mol. The number of H-pyrrole nitrogens is 1. The summed E-state index contributed by atoms with van der Waals surface area (Å²) in [5.41, 5.74) is 0.605. The van der Waals surface area contributed by atoms with Crippen LogP contribution in [0.1, 0.15) is 55.8 Å². The van der Waals surface area contributed by atoms with Crippen LogP contribution in [-0.2, 0) is 0 Å². The standard InChI is InChI=1S/C23H26ClN3O2/c1-13(23-9-14-6-15(10-23)8-16(7-14)11-23)26-21(28)19-12-25-20(27-22(19)29)17-2-4-18(24)5-3-17/h2-5,12-16H,6-11H2,1H3,(H,26,28)(H,25,27,29).